The maximum Gasteiger partial charge on any atom is 0.153 e. The van der Waals surface area contributed by atoms with E-state index in [1.807, 2.05) is 41.9 Å². The molecule has 0 amide bonds. The molecule has 0 unspecified atom stereocenters. The Morgan fingerprint density at radius 2 is 2.25 bits per heavy atom. The van der Waals surface area contributed by atoms with E-state index in [1.54, 1.807) is 6.26 Å². The molecular weight excluding hydrogens is 202 g/mol. The van der Waals surface area contributed by atoms with Gasteiger partial charge in [0.15, 0.2) is 5.76 Å². The third-order valence-corrected chi connectivity index (χ3v) is 2.53. The summed E-state index contributed by atoms with van der Waals surface area (Å²) in [7, 11) is 0. The van der Waals surface area contributed by atoms with Crippen LogP contribution in [-0.4, -0.2) is 9.38 Å². The fraction of sp³-hybridized carbons (Fsp3) is 0.0833. The second-order valence-electron chi connectivity index (χ2n) is 3.79. The number of hydrogen-bond donors (Lipinski definition) is 1. The first-order chi connectivity index (χ1) is 7.74. The number of aromatic nitrogens is 2. The zero-order chi connectivity index (χ0) is 11.1. The molecule has 2 N–H and O–H groups in total. The highest BCUT2D eigenvalue weighted by Crippen LogP contribution is 2.22. The van der Waals surface area contributed by atoms with E-state index >= 15 is 0 Å². The maximum absolute atomic E-state index is 5.78. The number of aryl methyl sites for hydroxylation is 1. The molecule has 3 aromatic rings. The summed E-state index contributed by atoms with van der Waals surface area (Å²) < 4.78 is 7.23. The molecule has 16 heavy (non-hydrogen) atoms. The van der Waals surface area contributed by atoms with Crippen molar-refractivity contribution in [3.05, 3.63) is 42.4 Å². The summed E-state index contributed by atoms with van der Waals surface area (Å²) in [5.41, 5.74) is 9.29. The van der Waals surface area contributed by atoms with Crippen molar-refractivity contribution in [2.24, 2.45) is 0 Å². The molecule has 0 saturated heterocycles. The van der Waals surface area contributed by atoms with Crippen molar-refractivity contribution in [3.63, 3.8) is 0 Å². The molecule has 80 valence electrons. The lowest BCUT2D eigenvalue weighted by atomic mass is 10.3. The Morgan fingerprint density at radius 3 is 3.00 bits per heavy atom. The van der Waals surface area contributed by atoms with Gasteiger partial charge >= 0.3 is 0 Å². The Morgan fingerprint density at radius 1 is 1.38 bits per heavy atom. The minimum atomic E-state index is 0.730. The topological polar surface area (TPSA) is 56.5 Å². The molecule has 3 aromatic heterocycles. The SMILES string of the molecule is Cc1cc(N)cn2cc(-c3ccco3)nc12. The van der Waals surface area contributed by atoms with E-state index in [0.29, 0.717) is 0 Å². The predicted octanol–water partition coefficient (Wildman–Crippen LogP) is 2.48. The van der Waals surface area contributed by atoms with Gasteiger partial charge in [0.2, 0.25) is 0 Å². The van der Waals surface area contributed by atoms with Crippen LogP contribution in [0.15, 0.2) is 41.3 Å². The van der Waals surface area contributed by atoms with Gasteiger partial charge in [-0.15, -0.1) is 0 Å². The normalized spacial score (nSPS) is 11.1. The third kappa shape index (κ3) is 1.27. The first-order valence-corrected chi connectivity index (χ1v) is 5.03. The lowest BCUT2D eigenvalue weighted by molar-refractivity contribution is 0.580. The highest BCUT2D eigenvalue weighted by Gasteiger charge is 2.08. The van der Waals surface area contributed by atoms with E-state index in [2.05, 4.69) is 4.98 Å². The van der Waals surface area contributed by atoms with Crippen LogP contribution in [-0.2, 0) is 0 Å². The van der Waals surface area contributed by atoms with Gasteiger partial charge < -0.3 is 14.6 Å². The van der Waals surface area contributed by atoms with E-state index in [0.717, 1.165) is 28.4 Å². The van der Waals surface area contributed by atoms with Gasteiger partial charge in [0.1, 0.15) is 11.3 Å². The molecule has 0 aliphatic heterocycles. The Bertz CT molecular complexity index is 638. The summed E-state index contributed by atoms with van der Waals surface area (Å²) in [4.78, 5) is 4.51. The quantitative estimate of drug-likeness (QED) is 0.675. The number of anilines is 1. The van der Waals surface area contributed by atoms with Gasteiger partial charge in [0.05, 0.1) is 6.26 Å². The number of furan rings is 1. The van der Waals surface area contributed by atoms with Crippen molar-refractivity contribution in [2.75, 3.05) is 5.73 Å². The van der Waals surface area contributed by atoms with Crippen molar-refractivity contribution >= 4 is 11.3 Å². The van der Waals surface area contributed by atoms with Gasteiger partial charge in [-0.3, -0.25) is 0 Å². The molecule has 0 aliphatic rings. The Hall–Kier alpha value is -2.23. The standard InChI is InChI=1S/C12H11N3O/c1-8-5-9(13)6-15-7-10(14-12(8)15)11-3-2-4-16-11/h2-7H,13H2,1H3. The first kappa shape index (κ1) is 9.03. The lowest BCUT2D eigenvalue weighted by Crippen LogP contribution is -1.92. The van der Waals surface area contributed by atoms with E-state index < -0.39 is 0 Å². The van der Waals surface area contributed by atoms with Gasteiger partial charge in [-0.1, -0.05) is 0 Å². The van der Waals surface area contributed by atoms with Crippen LogP contribution < -0.4 is 5.73 Å². The van der Waals surface area contributed by atoms with Crippen LogP contribution in [0.3, 0.4) is 0 Å². The molecule has 0 fully saturated rings. The van der Waals surface area contributed by atoms with Crippen molar-refractivity contribution in [2.45, 2.75) is 6.92 Å². The van der Waals surface area contributed by atoms with Crippen molar-refractivity contribution in [3.8, 4) is 11.5 Å². The minimum absolute atomic E-state index is 0.730. The van der Waals surface area contributed by atoms with Gasteiger partial charge in [0.25, 0.3) is 0 Å². The summed E-state index contributed by atoms with van der Waals surface area (Å²) in [5.74, 6) is 0.765. The monoisotopic (exact) mass is 213 g/mol. The van der Waals surface area contributed by atoms with E-state index in [4.69, 9.17) is 10.2 Å². The Labute approximate surface area is 92.3 Å². The highest BCUT2D eigenvalue weighted by molar-refractivity contribution is 5.62. The van der Waals surface area contributed by atoms with Crippen molar-refractivity contribution in [1.29, 1.82) is 0 Å². The van der Waals surface area contributed by atoms with Crippen LogP contribution in [0.1, 0.15) is 5.56 Å². The lowest BCUT2D eigenvalue weighted by Gasteiger charge is -1.98. The summed E-state index contributed by atoms with van der Waals surface area (Å²) in [5, 5.41) is 0. The third-order valence-electron chi connectivity index (χ3n) is 2.53. The molecule has 0 spiro atoms. The molecule has 0 bridgehead atoms. The fourth-order valence-corrected chi connectivity index (χ4v) is 1.84. The number of nitrogens with zero attached hydrogens (tertiary/aromatic N) is 2. The predicted molar refractivity (Wildman–Crippen MR) is 62.0 cm³/mol. The van der Waals surface area contributed by atoms with Crippen LogP contribution in [0.4, 0.5) is 5.69 Å². The summed E-state index contributed by atoms with van der Waals surface area (Å²) in [6, 6.07) is 5.65. The van der Waals surface area contributed by atoms with Crippen LogP contribution in [0, 0.1) is 6.92 Å². The number of pyridine rings is 1. The van der Waals surface area contributed by atoms with Gasteiger partial charge in [-0.25, -0.2) is 4.98 Å². The van der Waals surface area contributed by atoms with Crippen molar-refractivity contribution in [1.82, 2.24) is 9.38 Å². The summed E-state index contributed by atoms with van der Waals surface area (Å²) >= 11 is 0. The minimum Gasteiger partial charge on any atom is -0.463 e. The molecule has 0 saturated carbocycles. The molecule has 0 aliphatic carbocycles. The number of fused-ring (bicyclic) bond motifs is 1. The Kier molecular flexibility index (Phi) is 1.77. The Balaban J connectivity index is 2.27. The second-order valence-corrected chi connectivity index (χ2v) is 3.79. The van der Waals surface area contributed by atoms with E-state index in [9.17, 15) is 0 Å². The van der Waals surface area contributed by atoms with Gasteiger partial charge in [-0.2, -0.15) is 0 Å². The number of nitrogen functional groups attached to an aromatic ring is 1. The molecular formula is C12H11N3O. The molecule has 4 heteroatoms. The molecule has 0 aromatic carbocycles. The molecule has 3 heterocycles. The zero-order valence-electron chi connectivity index (χ0n) is 8.84. The fourth-order valence-electron chi connectivity index (χ4n) is 1.84. The van der Waals surface area contributed by atoms with E-state index in [-0.39, 0.29) is 0 Å². The van der Waals surface area contributed by atoms with Crippen LogP contribution >= 0.6 is 0 Å². The first-order valence-electron chi connectivity index (χ1n) is 5.03. The van der Waals surface area contributed by atoms with E-state index in [1.165, 1.54) is 0 Å². The summed E-state index contributed by atoms with van der Waals surface area (Å²) in [6.45, 7) is 1.99. The average Bonchev–Trinajstić information content (AvgIpc) is 2.82. The zero-order valence-corrected chi connectivity index (χ0v) is 8.84. The summed E-state index contributed by atoms with van der Waals surface area (Å²) in [6.07, 6.45) is 5.40. The molecule has 4 nitrogen and oxygen atoms in total. The number of nitrogens with two attached hydrogens (primary N) is 1. The average molecular weight is 213 g/mol. The number of rotatable bonds is 1. The molecule has 3 rings (SSSR count). The van der Waals surface area contributed by atoms with Crippen LogP contribution in [0.2, 0.25) is 0 Å². The van der Waals surface area contributed by atoms with Gasteiger partial charge in [0, 0.05) is 18.1 Å². The van der Waals surface area contributed by atoms with Gasteiger partial charge in [-0.05, 0) is 30.7 Å². The maximum atomic E-state index is 5.78. The number of imidazole rings is 1. The smallest absolute Gasteiger partial charge is 0.153 e. The second kappa shape index (κ2) is 3.13. The van der Waals surface area contributed by atoms with Crippen molar-refractivity contribution < 1.29 is 4.42 Å². The molecule has 0 radical (unpaired) electrons. The largest absolute Gasteiger partial charge is 0.463 e. The van der Waals surface area contributed by atoms with Crippen LogP contribution in [0.5, 0.6) is 0 Å². The van der Waals surface area contributed by atoms with Crippen LogP contribution in [0.25, 0.3) is 17.1 Å². The highest BCUT2D eigenvalue weighted by atomic mass is 16.3. The molecule has 0 atom stereocenters. The number of hydrogen-bond acceptors (Lipinski definition) is 3.